The highest BCUT2D eigenvalue weighted by atomic mass is 35.5. The molecule has 0 radical (unpaired) electrons. The third-order valence-corrected chi connectivity index (χ3v) is 2.21. The number of nitrogens with two attached hydrogens (primary N) is 1. The van der Waals surface area contributed by atoms with Crippen molar-refractivity contribution in [1.29, 1.82) is 0 Å². The summed E-state index contributed by atoms with van der Waals surface area (Å²) in [5.74, 6) is 1.09. The zero-order valence-electron chi connectivity index (χ0n) is 7.98. The van der Waals surface area contributed by atoms with E-state index in [9.17, 15) is 0 Å². The van der Waals surface area contributed by atoms with Crippen LogP contribution in [0, 0.1) is 0 Å². The number of benzene rings is 1. The molecule has 0 bridgehead atoms. The molecule has 1 aromatic heterocycles. The lowest BCUT2D eigenvalue weighted by atomic mass is 10.1. The molecule has 0 atom stereocenters. The van der Waals surface area contributed by atoms with Gasteiger partial charge in [-0.25, -0.2) is 0 Å². The smallest absolute Gasteiger partial charge is 0.240 e. The molecule has 0 aliphatic carbocycles. The van der Waals surface area contributed by atoms with E-state index in [1.54, 1.807) is 0 Å². The molecule has 2 N–H and O–H groups in total. The van der Waals surface area contributed by atoms with Gasteiger partial charge in [-0.15, -0.1) is 0 Å². The Morgan fingerprint density at radius 3 is 2.60 bits per heavy atom. The van der Waals surface area contributed by atoms with Crippen molar-refractivity contribution in [3.63, 3.8) is 0 Å². The predicted octanol–water partition coefficient (Wildman–Crippen LogP) is 1.77. The lowest BCUT2D eigenvalue weighted by Gasteiger charge is -1.95. The summed E-state index contributed by atoms with van der Waals surface area (Å²) in [6.45, 7) is 0.271. The van der Waals surface area contributed by atoms with E-state index < -0.39 is 0 Å². The Kier molecular flexibility index (Phi) is 2.99. The summed E-state index contributed by atoms with van der Waals surface area (Å²) < 4.78 is 4.90. The van der Waals surface area contributed by atoms with E-state index in [2.05, 4.69) is 10.1 Å². The van der Waals surface area contributed by atoms with Crippen LogP contribution in [0.25, 0.3) is 0 Å². The normalized spacial score (nSPS) is 10.5. The monoisotopic (exact) mass is 223 g/mol. The number of rotatable bonds is 3. The number of hydrogen-bond acceptors (Lipinski definition) is 4. The molecule has 2 rings (SSSR count). The lowest BCUT2D eigenvalue weighted by molar-refractivity contribution is 0.375. The summed E-state index contributed by atoms with van der Waals surface area (Å²) in [5.41, 5.74) is 6.45. The van der Waals surface area contributed by atoms with Gasteiger partial charge >= 0.3 is 0 Å². The molecule has 15 heavy (non-hydrogen) atoms. The summed E-state index contributed by atoms with van der Waals surface area (Å²) in [5, 5.41) is 4.52. The highest BCUT2D eigenvalue weighted by molar-refractivity contribution is 6.30. The Morgan fingerprint density at radius 2 is 2.00 bits per heavy atom. The van der Waals surface area contributed by atoms with Crippen LogP contribution in [-0.4, -0.2) is 10.1 Å². The van der Waals surface area contributed by atoms with Crippen molar-refractivity contribution in [1.82, 2.24) is 10.1 Å². The quantitative estimate of drug-likeness (QED) is 0.862. The van der Waals surface area contributed by atoms with Gasteiger partial charge in [0.2, 0.25) is 5.89 Å². The van der Waals surface area contributed by atoms with E-state index in [4.69, 9.17) is 21.9 Å². The second-order valence-electron chi connectivity index (χ2n) is 3.11. The predicted molar refractivity (Wildman–Crippen MR) is 56.4 cm³/mol. The molecule has 0 saturated heterocycles. The van der Waals surface area contributed by atoms with Crippen LogP contribution >= 0.6 is 11.6 Å². The first-order valence-corrected chi connectivity index (χ1v) is 4.91. The van der Waals surface area contributed by atoms with Crippen LogP contribution in [-0.2, 0) is 13.0 Å². The molecule has 2 aromatic rings. The van der Waals surface area contributed by atoms with Crippen molar-refractivity contribution < 1.29 is 4.52 Å². The maximum absolute atomic E-state index is 5.77. The van der Waals surface area contributed by atoms with Crippen LogP contribution in [0.1, 0.15) is 17.3 Å². The summed E-state index contributed by atoms with van der Waals surface area (Å²) in [4.78, 5) is 4.11. The second kappa shape index (κ2) is 4.42. The highest BCUT2D eigenvalue weighted by Crippen LogP contribution is 2.12. The third kappa shape index (κ3) is 2.55. The van der Waals surface area contributed by atoms with E-state index in [0.717, 1.165) is 10.6 Å². The van der Waals surface area contributed by atoms with Gasteiger partial charge in [0.1, 0.15) is 0 Å². The molecule has 0 amide bonds. The van der Waals surface area contributed by atoms with Crippen molar-refractivity contribution in [3.05, 3.63) is 46.6 Å². The maximum atomic E-state index is 5.77. The maximum Gasteiger partial charge on any atom is 0.240 e. The van der Waals surface area contributed by atoms with Crippen LogP contribution in [0.4, 0.5) is 0 Å². The van der Waals surface area contributed by atoms with Gasteiger partial charge < -0.3 is 10.3 Å². The van der Waals surface area contributed by atoms with Gasteiger partial charge in [0.05, 0.1) is 6.54 Å². The van der Waals surface area contributed by atoms with Crippen molar-refractivity contribution in [2.75, 3.05) is 0 Å². The zero-order valence-corrected chi connectivity index (χ0v) is 8.74. The van der Waals surface area contributed by atoms with Gasteiger partial charge in [-0.1, -0.05) is 28.9 Å². The number of nitrogens with zero attached hydrogens (tertiary/aromatic N) is 2. The van der Waals surface area contributed by atoms with Crippen LogP contribution in [0.5, 0.6) is 0 Å². The molecule has 1 heterocycles. The molecule has 78 valence electrons. The highest BCUT2D eigenvalue weighted by Gasteiger charge is 2.05. The van der Waals surface area contributed by atoms with Gasteiger partial charge in [0.25, 0.3) is 0 Å². The van der Waals surface area contributed by atoms with E-state index in [-0.39, 0.29) is 6.54 Å². The fourth-order valence-corrected chi connectivity index (χ4v) is 1.36. The molecular weight excluding hydrogens is 214 g/mol. The van der Waals surface area contributed by atoms with Gasteiger partial charge in [-0.3, -0.25) is 0 Å². The first-order valence-electron chi connectivity index (χ1n) is 4.54. The van der Waals surface area contributed by atoms with E-state index in [1.807, 2.05) is 24.3 Å². The van der Waals surface area contributed by atoms with Gasteiger partial charge in [0, 0.05) is 11.4 Å². The number of halogens is 1. The van der Waals surface area contributed by atoms with Gasteiger partial charge in [0.15, 0.2) is 5.82 Å². The zero-order chi connectivity index (χ0) is 10.7. The topological polar surface area (TPSA) is 64.9 Å². The lowest BCUT2D eigenvalue weighted by Crippen LogP contribution is -1.97. The average Bonchev–Trinajstić information content (AvgIpc) is 2.69. The molecule has 0 fully saturated rings. The van der Waals surface area contributed by atoms with Crippen molar-refractivity contribution in [2.45, 2.75) is 13.0 Å². The molecule has 5 heteroatoms. The summed E-state index contributed by atoms with van der Waals surface area (Å²) in [7, 11) is 0. The molecular formula is C10H10ClN3O. The van der Waals surface area contributed by atoms with E-state index >= 15 is 0 Å². The van der Waals surface area contributed by atoms with Gasteiger partial charge in [-0.05, 0) is 17.7 Å². The Morgan fingerprint density at radius 1 is 1.27 bits per heavy atom. The molecule has 0 aliphatic heterocycles. The Balaban J connectivity index is 2.11. The molecule has 0 aliphatic rings. The summed E-state index contributed by atoms with van der Waals surface area (Å²) >= 11 is 5.77. The average molecular weight is 224 g/mol. The van der Waals surface area contributed by atoms with Crippen LogP contribution in [0.3, 0.4) is 0 Å². The molecule has 1 aromatic carbocycles. The largest absolute Gasteiger partial charge is 0.338 e. The Hall–Kier alpha value is -1.39. The molecule has 4 nitrogen and oxygen atoms in total. The van der Waals surface area contributed by atoms with Gasteiger partial charge in [-0.2, -0.15) is 4.98 Å². The molecule has 0 saturated carbocycles. The first kappa shape index (κ1) is 10.1. The standard InChI is InChI=1S/C10H10ClN3O/c11-8-3-1-7(2-4-8)5-9-13-10(6-12)15-14-9/h1-4H,5-6,12H2. The first-order chi connectivity index (χ1) is 7.28. The Labute approximate surface area is 92.0 Å². The minimum absolute atomic E-state index is 0.271. The Bertz CT molecular complexity index is 438. The van der Waals surface area contributed by atoms with Crippen LogP contribution in [0.2, 0.25) is 5.02 Å². The third-order valence-electron chi connectivity index (χ3n) is 1.96. The van der Waals surface area contributed by atoms with Crippen LogP contribution < -0.4 is 5.73 Å². The summed E-state index contributed by atoms with van der Waals surface area (Å²) in [6, 6.07) is 7.53. The van der Waals surface area contributed by atoms with Crippen molar-refractivity contribution in [2.24, 2.45) is 5.73 Å². The summed E-state index contributed by atoms with van der Waals surface area (Å²) in [6.07, 6.45) is 0.626. The fraction of sp³-hybridized carbons (Fsp3) is 0.200. The van der Waals surface area contributed by atoms with E-state index in [1.165, 1.54) is 0 Å². The van der Waals surface area contributed by atoms with Crippen LogP contribution in [0.15, 0.2) is 28.8 Å². The second-order valence-corrected chi connectivity index (χ2v) is 3.55. The van der Waals surface area contributed by atoms with E-state index in [0.29, 0.717) is 18.1 Å². The fourth-order valence-electron chi connectivity index (χ4n) is 1.23. The number of aromatic nitrogens is 2. The number of hydrogen-bond donors (Lipinski definition) is 1. The SMILES string of the molecule is NCc1nc(Cc2ccc(Cl)cc2)no1. The molecule has 0 unspecified atom stereocenters. The van der Waals surface area contributed by atoms with Crippen molar-refractivity contribution >= 4 is 11.6 Å². The minimum Gasteiger partial charge on any atom is -0.338 e. The molecule has 0 spiro atoms. The van der Waals surface area contributed by atoms with Crippen molar-refractivity contribution in [3.8, 4) is 0 Å². The minimum atomic E-state index is 0.271.